The van der Waals surface area contributed by atoms with Gasteiger partial charge in [-0.25, -0.2) is 0 Å². The number of hydrogen-bond donors (Lipinski definition) is 0. The fourth-order valence-corrected chi connectivity index (χ4v) is 9.01. The van der Waals surface area contributed by atoms with Gasteiger partial charge in [-0.1, -0.05) is 152 Å². The third kappa shape index (κ3) is 5.41. The average Bonchev–Trinajstić information content (AvgIpc) is 3.60. The van der Waals surface area contributed by atoms with E-state index in [9.17, 15) is 0 Å². The summed E-state index contributed by atoms with van der Waals surface area (Å²) in [7, 11) is 0. The van der Waals surface area contributed by atoms with Crippen LogP contribution in [0.2, 0.25) is 0 Å². The molecule has 2 nitrogen and oxygen atoms in total. The highest BCUT2D eigenvalue weighted by molar-refractivity contribution is 6.17. The number of nitrogens with zero attached hydrogens (tertiary/aromatic N) is 2. The maximum absolute atomic E-state index is 2.46. The predicted molar refractivity (Wildman–Crippen MR) is 238 cm³/mol. The van der Waals surface area contributed by atoms with Crippen molar-refractivity contribution in [3.63, 3.8) is 0 Å². The molecule has 1 aliphatic heterocycles. The molecule has 1 atom stereocenters. The van der Waals surface area contributed by atoms with Crippen LogP contribution in [0.25, 0.3) is 54.6 Å². The Morgan fingerprint density at radius 2 is 1.05 bits per heavy atom. The van der Waals surface area contributed by atoms with Gasteiger partial charge in [0.1, 0.15) is 0 Å². The van der Waals surface area contributed by atoms with Crippen molar-refractivity contribution in [3.8, 4) is 22.3 Å². The van der Waals surface area contributed by atoms with Crippen LogP contribution in [0.5, 0.6) is 0 Å². The lowest BCUT2D eigenvalue weighted by molar-refractivity contribution is 0.819. The SMILES string of the molecule is C1=CCC2C(=C1)N(c1ccccc1)c1cc(N(c3ccc(-c4ccc5c(ccc6c7ccccc7ccc56)c4)cc3)c3cccc(-c4ccccc4)c3)ccc12. The Kier molecular flexibility index (Phi) is 7.67. The van der Waals surface area contributed by atoms with Gasteiger partial charge in [0.15, 0.2) is 0 Å². The fraction of sp³-hybridized carbons (Fsp3) is 0.0370. The summed E-state index contributed by atoms with van der Waals surface area (Å²) in [6.45, 7) is 0. The van der Waals surface area contributed by atoms with E-state index in [2.05, 4.69) is 222 Å². The summed E-state index contributed by atoms with van der Waals surface area (Å²) in [6, 6.07) is 71.2. The van der Waals surface area contributed by atoms with E-state index in [1.54, 1.807) is 0 Å². The standard InChI is InChI=1S/C54H38N2/c1-3-12-37(13-4-1)40-15-11-18-45(35-40)55(46-29-33-52-51-20-9-10-21-53(51)56(54(52)36-46)43-16-5-2-6-17-43)44-27-22-38(23-28-44)41-25-30-48-42(34-41)26-32-49-47-19-8-7-14-39(47)24-31-50(48)49/h1-19,21-36,51H,20H2. The highest BCUT2D eigenvalue weighted by Gasteiger charge is 2.35. The molecule has 1 heterocycles. The van der Waals surface area contributed by atoms with Crippen molar-refractivity contribution in [2.24, 2.45) is 0 Å². The summed E-state index contributed by atoms with van der Waals surface area (Å²) in [5.74, 6) is 0.345. The van der Waals surface area contributed by atoms with Crippen LogP contribution in [-0.4, -0.2) is 0 Å². The Labute approximate surface area is 327 Å². The Hall–Kier alpha value is -7.16. The Morgan fingerprint density at radius 1 is 0.429 bits per heavy atom. The molecule has 9 aromatic carbocycles. The van der Waals surface area contributed by atoms with Gasteiger partial charge in [0.2, 0.25) is 0 Å². The Bertz CT molecular complexity index is 3000. The van der Waals surface area contributed by atoms with Gasteiger partial charge in [0.05, 0.1) is 5.69 Å². The zero-order valence-electron chi connectivity index (χ0n) is 30.9. The molecule has 2 heteroatoms. The second-order valence-corrected chi connectivity index (χ2v) is 14.9. The molecule has 1 aliphatic carbocycles. The van der Waals surface area contributed by atoms with Crippen LogP contribution in [0.3, 0.4) is 0 Å². The predicted octanol–water partition coefficient (Wildman–Crippen LogP) is 15.0. The minimum atomic E-state index is 0.345. The van der Waals surface area contributed by atoms with Crippen LogP contribution in [0.15, 0.2) is 218 Å². The smallest absolute Gasteiger partial charge is 0.0518 e. The summed E-state index contributed by atoms with van der Waals surface area (Å²) in [4.78, 5) is 4.87. The quantitative estimate of drug-likeness (QED) is 0.158. The number of rotatable bonds is 6. The number of para-hydroxylation sites is 1. The molecule has 2 aliphatic rings. The summed E-state index contributed by atoms with van der Waals surface area (Å²) < 4.78 is 0. The Balaban J connectivity index is 1.02. The van der Waals surface area contributed by atoms with Gasteiger partial charge in [-0.3, -0.25) is 0 Å². The van der Waals surface area contributed by atoms with Crippen molar-refractivity contribution >= 4 is 60.8 Å². The van der Waals surface area contributed by atoms with Crippen LogP contribution in [0, 0.1) is 0 Å². The molecule has 0 amide bonds. The van der Waals surface area contributed by atoms with Crippen molar-refractivity contribution in [2.45, 2.75) is 12.3 Å². The zero-order chi connectivity index (χ0) is 37.0. The van der Waals surface area contributed by atoms with E-state index in [0.29, 0.717) is 5.92 Å². The first-order chi connectivity index (χ1) is 27.8. The molecule has 264 valence electrons. The molecule has 0 saturated heterocycles. The van der Waals surface area contributed by atoms with E-state index < -0.39 is 0 Å². The largest absolute Gasteiger partial charge is 0.313 e. The molecule has 0 spiro atoms. The molecule has 0 radical (unpaired) electrons. The van der Waals surface area contributed by atoms with E-state index in [0.717, 1.165) is 23.5 Å². The van der Waals surface area contributed by atoms with Crippen LogP contribution < -0.4 is 9.80 Å². The summed E-state index contributed by atoms with van der Waals surface area (Å²) in [5.41, 5.74) is 13.3. The van der Waals surface area contributed by atoms with Crippen LogP contribution >= 0.6 is 0 Å². The number of hydrogen-bond acceptors (Lipinski definition) is 2. The van der Waals surface area contributed by atoms with E-state index in [1.165, 1.54) is 77.2 Å². The topological polar surface area (TPSA) is 6.48 Å². The molecular formula is C54H38N2. The lowest BCUT2D eigenvalue weighted by atomic mass is 9.92. The summed E-state index contributed by atoms with van der Waals surface area (Å²) in [6.07, 6.45) is 7.80. The van der Waals surface area contributed by atoms with Gasteiger partial charge < -0.3 is 9.80 Å². The summed E-state index contributed by atoms with van der Waals surface area (Å²) >= 11 is 0. The average molecular weight is 715 g/mol. The van der Waals surface area contributed by atoms with E-state index >= 15 is 0 Å². The Morgan fingerprint density at radius 3 is 1.89 bits per heavy atom. The van der Waals surface area contributed by atoms with Crippen molar-refractivity contribution in [1.82, 2.24) is 0 Å². The van der Waals surface area contributed by atoms with Crippen LogP contribution in [0.1, 0.15) is 17.9 Å². The first kappa shape index (κ1) is 32.3. The molecule has 0 aromatic heterocycles. The molecule has 0 fully saturated rings. The fourth-order valence-electron chi connectivity index (χ4n) is 9.01. The number of anilines is 5. The third-order valence-electron chi connectivity index (χ3n) is 11.7. The van der Waals surface area contributed by atoms with Gasteiger partial charge in [0.25, 0.3) is 0 Å². The van der Waals surface area contributed by atoms with E-state index in [-0.39, 0.29) is 0 Å². The van der Waals surface area contributed by atoms with E-state index in [4.69, 9.17) is 0 Å². The third-order valence-corrected chi connectivity index (χ3v) is 11.7. The van der Waals surface area contributed by atoms with E-state index in [1.807, 2.05) is 0 Å². The highest BCUT2D eigenvalue weighted by Crippen LogP contribution is 2.52. The summed E-state index contributed by atoms with van der Waals surface area (Å²) in [5, 5.41) is 7.71. The minimum Gasteiger partial charge on any atom is -0.313 e. The number of benzene rings is 9. The molecule has 1 unspecified atom stereocenters. The van der Waals surface area contributed by atoms with Gasteiger partial charge in [-0.05, 0) is 127 Å². The van der Waals surface area contributed by atoms with Gasteiger partial charge >= 0.3 is 0 Å². The monoisotopic (exact) mass is 714 g/mol. The minimum absolute atomic E-state index is 0.345. The molecule has 0 N–H and O–H groups in total. The van der Waals surface area contributed by atoms with Gasteiger partial charge in [0, 0.05) is 34.4 Å². The van der Waals surface area contributed by atoms with Gasteiger partial charge in [-0.2, -0.15) is 0 Å². The second-order valence-electron chi connectivity index (χ2n) is 14.9. The molecule has 56 heavy (non-hydrogen) atoms. The number of allylic oxidation sites excluding steroid dienone is 4. The van der Waals surface area contributed by atoms with Crippen LogP contribution in [0.4, 0.5) is 28.4 Å². The molecule has 0 saturated carbocycles. The maximum Gasteiger partial charge on any atom is 0.0518 e. The van der Waals surface area contributed by atoms with Crippen molar-refractivity contribution in [2.75, 3.05) is 9.80 Å². The van der Waals surface area contributed by atoms with Crippen molar-refractivity contribution < 1.29 is 0 Å². The van der Waals surface area contributed by atoms with Crippen molar-refractivity contribution in [3.05, 3.63) is 224 Å². The maximum atomic E-state index is 2.46. The van der Waals surface area contributed by atoms with Gasteiger partial charge in [-0.15, -0.1) is 0 Å². The molecule has 11 rings (SSSR count). The first-order valence-electron chi connectivity index (χ1n) is 19.5. The normalized spacial score (nSPS) is 14.5. The first-order valence-corrected chi connectivity index (χ1v) is 19.5. The molecular weight excluding hydrogens is 677 g/mol. The number of fused-ring (bicyclic) bond motifs is 8. The lowest BCUT2D eigenvalue weighted by Gasteiger charge is -2.28. The highest BCUT2D eigenvalue weighted by atomic mass is 15.2. The molecule has 9 aromatic rings. The molecule has 0 bridgehead atoms. The second kappa shape index (κ2) is 13.3. The lowest BCUT2D eigenvalue weighted by Crippen LogP contribution is -2.15. The van der Waals surface area contributed by atoms with Crippen molar-refractivity contribution in [1.29, 1.82) is 0 Å². The van der Waals surface area contributed by atoms with Crippen LogP contribution in [-0.2, 0) is 0 Å². The zero-order valence-corrected chi connectivity index (χ0v) is 30.9.